The van der Waals surface area contributed by atoms with Crippen molar-refractivity contribution in [3.05, 3.63) is 36.4 Å². The van der Waals surface area contributed by atoms with E-state index in [4.69, 9.17) is 18.9 Å². The Labute approximate surface area is 150 Å². The van der Waals surface area contributed by atoms with E-state index in [-0.39, 0.29) is 24.5 Å². The van der Waals surface area contributed by atoms with E-state index in [2.05, 4.69) is 6.58 Å². The van der Waals surface area contributed by atoms with Crippen LogP contribution in [0.5, 0.6) is 11.5 Å². The second-order valence-electron chi connectivity index (χ2n) is 5.19. The molecule has 0 aliphatic rings. The highest BCUT2D eigenvalue weighted by Crippen LogP contribution is 2.29. The molecule has 0 saturated carbocycles. The van der Waals surface area contributed by atoms with Gasteiger partial charge in [0, 0.05) is 27.2 Å². The standard InChI is InChI=1S/C18H20O8/c1-5-8-23-18(22)17(26-13(4)21)10-14-6-7-15(24-11(2)19)16(9-14)25-12(3)20/h5-7,9,17H,1,8,10H2,2-4H3/t17-/m1/s1. The molecule has 0 spiro atoms. The second kappa shape index (κ2) is 9.97. The molecule has 8 nitrogen and oxygen atoms in total. The average Bonchev–Trinajstić information content (AvgIpc) is 2.53. The van der Waals surface area contributed by atoms with Crippen LogP contribution < -0.4 is 9.47 Å². The van der Waals surface area contributed by atoms with Crippen molar-refractivity contribution in [1.82, 2.24) is 0 Å². The van der Waals surface area contributed by atoms with Crippen molar-refractivity contribution in [2.24, 2.45) is 0 Å². The van der Waals surface area contributed by atoms with Gasteiger partial charge in [0.1, 0.15) is 6.61 Å². The SMILES string of the molecule is C=CCOC(=O)[C@@H](Cc1ccc(OC(C)=O)c(OC(C)=O)c1)OC(C)=O. The zero-order valence-electron chi connectivity index (χ0n) is 14.8. The number of carbonyl (C=O) groups excluding carboxylic acids is 4. The van der Waals surface area contributed by atoms with Gasteiger partial charge < -0.3 is 18.9 Å². The lowest BCUT2D eigenvalue weighted by molar-refractivity contribution is -0.165. The quantitative estimate of drug-likeness (QED) is 0.390. The van der Waals surface area contributed by atoms with Crippen LogP contribution >= 0.6 is 0 Å². The summed E-state index contributed by atoms with van der Waals surface area (Å²) in [5, 5.41) is 0. The fraction of sp³-hybridized carbons (Fsp3) is 0.333. The first-order valence-corrected chi connectivity index (χ1v) is 7.67. The maximum atomic E-state index is 12.0. The third-order valence-corrected chi connectivity index (χ3v) is 2.85. The third-order valence-electron chi connectivity index (χ3n) is 2.85. The highest BCUT2D eigenvalue weighted by Gasteiger charge is 2.24. The zero-order valence-corrected chi connectivity index (χ0v) is 14.8. The number of benzene rings is 1. The number of rotatable bonds is 8. The highest BCUT2D eigenvalue weighted by atomic mass is 16.6. The molecule has 0 aliphatic heterocycles. The molecular weight excluding hydrogens is 344 g/mol. The lowest BCUT2D eigenvalue weighted by Gasteiger charge is -2.16. The number of hydrogen-bond donors (Lipinski definition) is 0. The smallest absolute Gasteiger partial charge is 0.348 e. The third kappa shape index (κ3) is 7.16. The molecular formula is C18H20O8. The summed E-state index contributed by atoms with van der Waals surface area (Å²) >= 11 is 0. The number of ether oxygens (including phenoxy) is 4. The summed E-state index contributed by atoms with van der Waals surface area (Å²) in [5.41, 5.74) is 0.499. The normalized spacial score (nSPS) is 11.0. The van der Waals surface area contributed by atoms with Crippen LogP contribution in [-0.4, -0.2) is 36.6 Å². The lowest BCUT2D eigenvalue weighted by atomic mass is 10.1. The van der Waals surface area contributed by atoms with Gasteiger partial charge in [-0.3, -0.25) is 14.4 Å². The highest BCUT2D eigenvalue weighted by molar-refractivity contribution is 5.79. The first-order valence-electron chi connectivity index (χ1n) is 7.67. The molecule has 26 heavy (non-hydrogen) atoms. The monoisotopic (exact) mass is 364 g/mol. The van der Waals surface area contributed by atoms with Crippen LogP contribution in [0.15, 0.2) is 30.9 Å². The fourth-order valence-corrected chi connectivity index (χ4v) is 1.97. The largest absolute Gasteiger partial charge is 0.459 e. The van der Waals surface area contributed by atoms with Gasteiger partial charge in [0.25, 0.3) is 0 Å². The first-order chi connectivity index (χ1) is 12.2. The summed E-state index contributed by atoms with van der Waals surface area (Å²) < 4.78 is 19.9. The minimum atomic E-state index is -1.18. The number of carbonyl (C=O) groups is 4. The molecule has 0 unspecified atom stereocenters. The minimum absolute atomic E-state index is 0.00577. The van der Waals surface area contributed by atoms with Crippen molar-refractivity contribution in [2.75, 3.05) is 6.61 Å². The van der Waals surface area contributed by atoms with Gasteiger partial charge in [-0.05, 0) is 17.7 Å². The van der Waals surface area contributed by atoms with Crippen molar-refractivity contribution in [3.63, 3.8) is 0 Å². The van der Waals surface area contributed by atoms with Crippen molar-refractivity contribution >= 4 is 23.9 Å². The van der Waals surface area contributed by atoms with Crippen molar-refractivity contribution in [3.8, 4) is 11.5 Å². The molecule has 1 atom stereocenters. The molecule has 0 aromatic heterocycles. The second-order valence-corrected chi connectivity index (χ2v) is 5.19. The van der Waals surface area contributed by atoms with Crippen LogP contribution in [0, 0.1) is 0 Å². The summed E-state index contributed by atoms with van der Waals surface area (Å²) in [5.74, 6) is -2.53. The lowest BCUT2D eigenvalue weighted by Crippen LogP contribution is -2.30. The molecule has 1 aromatic carbocycles. The molecule has 0 N–H and O–H groups in total. The van der Waals surface area contributed by atoms with Crippen LogP contribution in [-0.2, 0) is 35.1 Å². The molecule has 0 amide bonds. The Kier molecular flexibility index (Phi) is 8.01. The maximum absolute atomic E-state index is 12.0. The molecule has 8 heteroatoms. The van der Waals surface area contributed by atoms with E-state index in [1.54, 1.807) is 6.07 Å². The Morgan fingerprint density at radius 2 is 1.62 bits per heavy atom. The number of hydrogen-bond acceptors (Lipinski definition) is 8. The predicted molar refractivity (Wildman–Crippen MR) is 89.5 cm³/mol. The molecule has 0 saturated heterocycles. The fourth-order valence-electron chi connectivity index (χ4n) is 1.97. The van der Waals surface area contributed by atoms with Crippen LogP contribution in [0.3, 0.4) is 0 Å². The van der Waals surface area contributed by atoms with E-state index in [0.717, 1.165) is 0 Å². The molecule has 0 radical (unpaired) electrons. The topological polar surface area (TPSA) is 105 Å². The summed E-state index contributed by atoms with van der Waals surface area (Å²) in [6, 6.07) is 4.37. The Bertz CT molecular complexity index is 707. The van der Waals surface area contributed by atoms with Gasteiger partial charge in [-0.2, -0.15) is 0 Å². The molecule has 0 fully saturated rings. The van der Waals surface area contributed by atoms with Gasteiger partial charge in [-0.25, -0.2) is 4.79 Å². The Hall–Kier alpha value is -3.16. The van der Waals surface area contributed by atoms with Gasteiger partial charge in [0.05, 0.1) is 0 Å². The Morgan fingerprint density at radius 1 is 1.00 bits per heavy atom. The van der Waals surface area contributed by atoms with Crippen molar-refractivity contribution in [2.45, 2.75) is 33.3 Å². The van der Waals surface area contributed by atoms with Gasteiger partial charge in [0.2, 0.25) is 6.10 Å². The Balaban J connectivity index is 3.07. The van der Waals surface area contributed by atoms with E-state index in [1.807, 2.05) is 0 Å². The van der Waals surface area contributed by atoms with E-state index in [1.165, 1.54) is 39.0 Å². The van der Waals surface area contributed by atoms with E-state index in [9.17, 15) is 19.2 Å². The van der Waals surface area contributed by atoms with E-state index >= 15 is 0 Å². The van der Waals surface area contributed by atoms with Gasteiger partial charge in [0.15, 0.2) is 11.5 Å². The molecule has 0 bridgehead atoms. The van der Waals surface area contributed by atoms with E-state index in [0.29, 0.717) is 5.56 Å². The van der Waals surface area contributed by atoms with Crippen LogP contribution in [0.25, 0.3) is 0 Å². The van der Waals surface area contributed by atoms with Gasteiger partial charge >= 0.3 is 23.9 Å². The minimum Gasteiger partial charge on any atom is -0.459 e. The molecule has 140 valence electrons. The van der Waals surface area contributed by atoms with Crippen LogP contribution in [0.2, 0.25) is 0 Å². The molecule has 0 heterocycles. The van der Waals surface area contributed by atoms with Crippen LogP contribution in [0.4, 0.5) is 0 Å². The van der Waals surface area contributed by atoms with Gasteiger partial charge in [-0.1, -0.05) is 18.7 Å². The van der Waals surface area contributed by atoms with Crippen molar-refractivity contribution in [1.29, 1.82) is 0 Å². The Morgan fingerprint density at radius 3 is 2.15 bits per heavy atom. The van der Waals surface area contributed by atoms with Gasteiger partial charge in [-0.15, -0.1) is 0 Å². The zero-order chi connectivity index (χ0) is 19.7. The molecule has 0 aliphatic carbocycles. The van der Waals surface area contributed by atoms with Crippen LogP contribution in [0.1, 0.15) is 26.3 Å². The average molecular weight is 364 g/mol. The predicted octanol–water partition coefficient (Wildman–Crippen LogP) is 1.74. The first kappa shape index (κ1) is 20.9. The molecule has 1 rings (SSSR count). The summed E-state index contributed by atoms with van der Waals surface area (Å²) in [7, 11) is 0. The maximum Gasteiger partial charge on any atom is 0.348 e. The summed E-state index contributed by atoms with van der Waals surface area (Å²) in [4.78, 5) is 45.6. The number of esters is 4. The summed E-state index contributed by atoms with van der Waals surface area (Å²) in [6.45, 7) is 6.98. The molecule has 1 aromatic rings. The summed E-state index contributed by atoms with van der Waals surface area (Å²) in [6.07, 6.45) is 0.178. The van der Waals surface area contributed by atoms with Crippen molar-refractivity contribution < 1.29 is 38.1 Å². The van der Waals surface area contributed by atoms with E-state index < -0.39 is 30.0 Å².